The van der Waals surface area contributed by atoms with E-state index in [1.807, 2.05) is 91.8 Å². The largest absolute Gasteiger partial charge is 0.550 e. The number of aliphatic carboxylic acids is 2. The van der Waals surface area contributed by atoms with Crippen molar-refractivity contribution in [1.82, 2.24) is 10.1 Å². The molecule has 2 aromatic rings. The van der Waals surface area contributed by atoms with E-state index in [0.29, 0.717) is 62.7 Å². The Morgan fingerprint density at radius 2 is 0.963 bits per heavy atom. The monoisotopic (exact) mass is 748 g/mol. The van der Waals surface area contributed by atoms with E-state index in [1.165, 1.54) is 0 Å². The highest BCUT2D eigenvalue weighted by Gasteiger charge is 2.60. The number of nitrogens with zero attached hydrogens (tertiary/aromatic N) is 2. The highest BCUT2D eigenvalue weighted by molar-refractivity contribution is 5.85. The highest BCUT2D eigenvalue weighted by atomic mass is 16.7. The first-order valence-electron chi connectivity index (χ1n) is 19.3. The van der Waals surface area contributed by atoms with E-state index in [9.17, 15) is 29.4 Å². The van der Waals surface area contributed by atoms with Crippen LogP contribution in [-0.2, 0) is 19.3 Å². The van der Waals surface area contributed by atoms with Crippen molar-refractivity contribution in [2.24, 2.45) is 17.3 Å². The summed E-state index contributed by atoms with van der Waals surface area (Å²) in [6.07, 6.45) is 4.18. The average Bonchev–Trinajstić information content (AvgIpc) is 3.06. The van der Waals surface area contributed by atoms with Crippen LogP contribution in [-0.4, -0.2) is 56.4 Å². The molecular formula is C42H60N4O8-2. The Bertz CT molecular complexity index is 1460. The second kappa shape index (κ2) is 17.1. The van der Waals surface area contributed by atoms with Crippen molar-refractivity contribution in [1.29, 1.82) is 0 Å². The van der Waals surface area contributed by atoms with Crippen molar-refractivity contribution in [2.45, 2.75) is 148 Å². The number of nitrogens with one attached hydrogen (secondary N) is 2. The Hall–Kier alpha value is -4.16. The van der Waals surface area contributed by atoms with Crippen LogP contribution in [0.3, 0.4) is 0 Å². The number of hydrogen-bond donors (Lipinski definition) is 2. The molecule has 2 aliphatic rings. The SMILES string of the molecule is CC1(C)CC(C(CCCCCCCC(=O)[O-])(C(=O)[O-])C2CC(C)(C)N(OC(=O)Nc3ccccc3)C(C)(C)C2)CC(C)(C)N1OC(=O)Nc1ccccc1. The normalized spacial score (nSPS) is 20.1. The molecule has 2 amide bonds. The lowest BCUT2D eigenvalue weighted by molar-refractivity contribution is -0.337. The number of carboxylic acids is 2. The van der Waals surface area contributed by atoms with Gasteiger partial charge in [-0.15, -0.1) is 10.1 Å². The summed E-state index contributed by atoms with van der Waals surface area (Å²) in [7, 11) is 0. The summed E-state index contributed by atoms with van der Waals surface area (Å²) in [5, 5.41) is 34.0. The lowest BCUT2D eigenvalue weighted by Gasteiger charge is -2.62. The number of hydrogen-bond acceptors (Lipinski definition) is 10. The van der Waals surface area contributed by atoms with Gasteiger partial charge in [0.05, 0.1) is 22.2 Å². The Morgan fingerprint density at radius 1 is 0.611 bits per heavy atom. The third-order valence-electron chi connectivity index (χ3n) is 11.4. The van der Waals surface area contributed by atoms with E-state index in [4.69, 9.17) is 9.68 Å². The summed E-state index contributed by atoms with van der Waals surface area (Å²) < 4.78 is 0. The summed E-state index contributed by atoms with van der Waals surface area (Å²) in [6.45, 7) is 15.8. The molecule has 298 valence electrons. The third-order valence-corrected chi connectivity index (χ3v) is 11.4. The van der Waals surface area contributed by atoms with Gasteiger partial charge < -0.3 is 29.5 Å². The van der Waals surface area contributed by atoms with Crippen molar-refractivity contribution in [3.8, 4) is 0 Å². The van der Waals surface area contributed by atoms with Crippen LogP contribution in [0.1, 0.15) is 126 Å². The second-order valence-electron chi connectivity index (χ2n) is 17.8. The van der Waals surface area contributed by atoms with Crippen LogP contribution < -0.4 is 20.8 Å². The fourth-order valence-corrected chi connectivity index (χ4v) is 9.63. The topological polar surface area (TPSA) is 163 Å². The maximum atomic E-state index is 14.0. The van der Waals surface area contributed by atoms with Gasteiger partial charge in [-0.2, -0.15) is 0 Å². The molecule has 2 heterocycles. The van der Waals surface area contributed by atoms with Gasteiger partial charge in [0.2, 0.25) is 0 Å². The van der Waals surface area contributed by atoms with Gasteiger partial charge in [-0.1, -0.05) is 62.1 Å². The number of anilines is 2. The van der Waals surface area contributed by atoms with E-state index >= 15 is 0 Å². The fraction of sp³-hybridized carbons (Fsp3) is 0.619. The number of para-hydroxylation sites is 2. The summed E-state index contributed by atoms with van der Waals surface area (Å²) in [4.78, 5) is 63.3. The molecule has 0 radical (unpaired) electrons. The van der Waals surface area contributed by atoms with Gasteiger partial charge >= 0.3 is 12.2 Å². The van der Waals surface area contributed by atoms with Crippen molar-refractivity contribution in [3.63, 3.8) is 0 Å². The summed E-state index contributed by atoms with van der Waals surface area (Å²) in [5.74, 6) is -2.87. The molecule has 0 aromatic heterocycles. The van der Waals surface area contributed by atoms with Crippen LogP contribution in [0.4, 0.5) is 21.0 Å². The fourth-order valence-electron chi connectivity index (χ4n) is 9.63. The van der Waals surface area contributed by atoms with E-state index in [1.54, 1.807) is 34.4 Å². The average molecular weight is 749 g/mol. The first-order chi connectivity index (χ1) is 25.2. The molecule has 0 atom stereocenters. The number of benzene rings is 2. The van der Waals surface area contributed by atoms with Gasteiger partial charge in [-0.25, -0.2) is 9.59 Å². The number of hydroxylamine groups is 4. The zero-order valence-electron chi connectivity index (χ0n) is 33.4. The number of amides is 2. The number of carbonyl (C=O) groups excluding carboxylic acids is 4. The molecule has 12 nitrogen and oxygen atoms in total. The predicted octanol–water partition coefficient (Wildman–Crippen LogP) is 7.07. The predicted molar refractivity (Wildman–Crippen MR) is 203 cm³/mol. The lowest BCUT2D eigenvalue weighted by Crippen LogP contribution is -2.68. The first-order valence-corrected chi connectivity index (χ1v) is 19.3. The van der Waals surface area contributed by atoms with Gasteiger partial charge in [-0.3, -0.25) is 10.6 Å². The van der Waals surface area contributed by atoms with Crippen molar-refractivity contribution in [3.05, 3.63) is 60.7 Å². The van der Waals surface area contributed by atoms with E-state index in [-0.39, 0.29) is 18.3 Å². The number of carboxylic acid groups (broad SMARTS) is 2. The van der Waals surface area contributed by atoms with E-state index < -0.39 is 51.7 Å². The van der Waals surface area contributed by atoms with Crippen LogP contribution in [0.5, 0.6) is 0 Å². The minimum absolute atomic E-state index is 0.00530. The Kier molecular flexibility index (Phi) is 13.5. The Labute approximate surface area is 320 Å². The van der Waals surface area contributed by atoms with E-state index in [0.717, 1.165) is 12.8 Å². The number of carbonyl (C=O) groups is 4. The molecule has 2 fully saturated rings. The second-order valence-corrected chi connectivity index (χ2v) is 17.8. The molecule has 4 rings (SSSR count). The van der Waals surface area contributed by atoms with Crippen LogP contribution in [0.2, 0.25) is 0 Å². The van der Waals surface area contributed by atoms with Crippen LogP contribution in [0.25, 0.3) is 0 Å². The maximum absolute atomic E-state index is 14.0. The van der Waals surface area contributed by atoms with Gasteiger partial charge in [0.25, 0.3) is 0 Å². The molecule has 2 aliphatic heterocycles. The van der Waals surface area contributed by atoms with Crippen LogP contribution >= 0.6 is 0 Å². The molecule has 0 unspecified atom stereocenters. The van der Waals surface area contributed by atoms with Crippen molar-refractivity contribution < 1.29 is 39.1 Å². The zero-order chi connectivity index (χ0) is 40.0. The van der Waals surface area contributed by atoms with Crippen LogP contribution in [0.15, 0.2) is 60.7 Å². The lowest BCUT2D eigenvalue weighted by atomic mass is 9.52. The van der Waals surface area contributed by atoms with Crippen molar-refractivity contribution in [2.75, 3.05) is 10.6 Å². The number of piperidine rings is 2. The molecule has 54 heavy (non-hydrogen) atoms. The molecule has 2 N–H and O–H groups in total. The Balaban J connectivity index is 1.63. The highest BCUT2D eigenvalue weighted by Crippen LogP contribution is 2.58. The zero-order valence-corrected chi connectivity index (χ0v) is 33.4. The van der Waals surface area contributed by atoms with Gasteiger partial charge in [0.15, 0.2) is 0 Å². The Morgan fingerprint density at radius 3 is 1.31 bits per heavy atom. The molecule has 2 aromatic carbocycles. The van der Waals surface area contributed by atoms with E-state index in [2.05, 4.69) is 10.6 Å². The number of rotatable bonds is 15. The van der Waals surface area contributed by atoms with Crippen LogP contribution in [0, 0.1) is 17.3 Å². The van der Waals surface area contributed by atoms with Gasteiger partial charge in [-0.05, 0) is 136 Å². The summed E-state index contributed by atoms with van der Waals surface area (Å²) >= 11 is 0. The molecule has 0 saturated carbocycles. The molecule has 2 saturated heterocycles. The number of unbranched alkanes of at least 4 members (excludes halogenated alkanes) is 4. The maximum Gasteiger partial charge on any atom is 0.430 e. The quantitative estimate of drug-likeness (QED) is 0.180. The first kappa shape index (κ1) is 42.6. The molecule has 0 spiro atoms. The summed E-state index contributed by atoms with van der Waals surface area (Å²) in [6, 6.07) is 18.1. The standard InChI is InChI=1S/C42H62N4O8/c1-38(2)26-30(27-39(3,4)45(38)53-36(51)43-32-20-14-12-15-21-32)42(35(49)50,25-19-11-9-10-18-24-34(47)48)31-28-40(5,6)46(41(7,8)29-31)54-37(52)44-33-22-16-13-17-23-33/h12-17,20-23,30-31H,9-11,18-19,24-29H2,1-8H3,(H,43,51)(H,44,52)(H,47,48)(H,49,50)/p-2. The molecule has 0 aliphatic carbocycles. The smallest absolute Gasteiger partial charge is 0.430 e. The minimum atomic E-state index is -1.27. The minimum Gasteiger partial charge on any atom is -0.550 e. The third kappa shape index (κ3) is 10.3. The molecule has 0 bridgehead atoms. The molecule has 12 heteroatoms. The van der Waals surface area contributed by atoms with Gasteiger partial charge in [0, 0.05) is 28.7 Å². The summed E-state index contributed by atoms with van der Waals surface area (Å²) in [5.41, 5.74) is -3.09. The molecular weight excluding hydrogens is 688 g/mol. The van der Waals surface area contributed by atoms with Crippen molar-refractivity contribution >= 4 is 35.5 Å². The van der Waals surface area contributed by atoms with Gasteiger partial charge in [0.1, 0.15) is 0 Å².